The lowest BCUT2D eigenvalue weighted by Gasteiger charge is -2.08. The summed E-state index contributed by atoms with van der Waals surface area (Å²) in [6.45, 7) is 3.71. The third kappa shape index (κ3) is 3.97. The van der Waals surface area contributed by atoms with Crippen LogP contribution < -0.4 is 10.0 Å². The van der Waals surface area contributed by atoms with E-state index in [4.69, 9.17) is 11.6 Å². The van der Waals surface area contributed by atoms with E-state index in [2.05, 4.69) is 10.0 Å². The highest BCUT2D eigenvalue weighted by atomic mass is 35.5. The number of likely N-dealkylation sites (N-methyl/N-ethyl adjacent to an activating group) is 1. The first-order valence-electron chi connectivity index (χ1n) is 5.39. The Bertz CT molecular complexity index is 543. The van der Waals surface area contributed by atoms with Gasteiger partial charge in [0.2, 0.25) is 15.9 Å². The first kappa shape index (κ1) is 14.9. The normalized spacial score (nSPS) is 11.3. The number of benzene rings is 1. The first-order chi connectivity index (χ1) is 8.36. The van der Waals surface area contributed by atoms with Gasteiger partial charge in [0.25, 0.3) is 0 Å². The summed E-state index contributed by atoms with van der Waals surface area (Å²) in [6, 6.07) is 4.62. The molecule has 0 atom stereocenters. The minimum Gasteiger partial charge on any atom is -0.355 e. The summed E-state index contributed by atoms with van der Waals surface area (Å²) in [6.07, 6.45) is 0. The van der Waals surface area contributed by atoms with Gasteiger partial charge in [-0.05, 0) is 31.5 Å². The van der Waals surface area contributed by atoms with Crippen LogP contribution in [0.2, 0.25) is 5.02 Å². The van der Waals surface area contributed by atoms with Crippen molar-refractivity contribution in [1.82, 2.24) is 10.0 Å². The molecule has 5 nitrogen and oxygen atoms in total. The summed E-state index contributed by atoms with van der Waals surface area (Å²) in [4.78, 5) is 11.2. The van der Waals surface area contributed by atoms with Crippen molar-refractivity contribution in [1.29, 1.82) is 0 Å². The van der Waals surface area contributed by atoms with Crippen molar-refractivity contribution in [3.63, 3.8) is 0 Å². The predicted octanol–water partition coefficient (Wildman–Crippen LogP) is 1.06. The van der Waals surface area contributed by atoms with Gasteiger partial charge in [0.15, 0.2) is 0 Å². The fourth-order valence-corrected chi connectivity index (χ4v) is 2.90. The molecule has 1 amide bonds. The molecule has 18 heavy (non-hydrogen) atoms. The number of nitrogens with one attached hydrogen (secondary N) is 2. The molecule has 0 aromatic heterocycles. The number of aryl methyl sites for hydroxylation is 1. The molecule has 0 aliphatic heterocycles. The van der Waals surface area contributed by atoms with Gasteiger partial charge in [-0.15, -0.1) is 0 Å². The highest BCUT2D eigenvalue weighted by molar-refractivity contribution is 7.89. The minimum absolute atomic E-state index is 0.0286. The van der Waals surface area contributed by atoms with E-state index in [-0.39, 0.29) is 22.4 Å². The molecule has 0 aliphatic carbocycles. The number of sulfonamides is 1. The Balaban J connectivity index is 2.83. The molecule has 0 saturated carbocycles. The van der Waals surface area contributed by atoms with Gasteiger partial charge in [-0.1, -0.05) is 17.7 Å². The Morgan fingerprint density at radius 3 is 2.61 bits per heavy atom. The van der Waals surface area contributed by atoms with E-state index in [1.165, 1.54) is 6.07 Å². The molecular formula is C11H15ClN2O3S. The van der Waals surface area contributed by atoms with Gasteiger partial charge in [0.1, 0.15) is 4.90 Å². The zero-order chi connectivity index (χ0) is 13.8. The summed E-state index contributed by atoms with van der Waals surface area (Å²) >= 11 is 5.87. The zero-order valence-electron chi connectivity index (χ0n) is 10.2. The summed E-state index contributed by atoms with van der Waals surface area (Å²) in [5.41, 5.74) is 0.864. The van der Waals surface area contributed by atoms with Gasteiger partial charge in [0.05, 0.1) is 11.6 Å². The van der Waals surface area contributed by atoms with E-state index in [1.54, 1.807) is 19.1 Å². The van der Waals surface area contributed by atoms with Crippen molar-refractivity contribution in [2.24, 2.45) is 0 Å². The van der Waals surface area contributed by atoms with Crippen molar-refractivity contribution >= 4 is 27.5 Å². The van der Waals surface area contributed by atoms with E-state index < -0.39 is 10.0 Å². The van der Waals surface area contributed by atoms with Crippen molar-refractivity contribution < 1.29 is 13.2 Å². The first-order valence-corrected chi connectivity index (χ1v) is 7.25. The highest BCUT2D eigenvalue weighted by Crippen LogP contribution is 2.21. The number of halogens is 1. The van der Waals surface area contributed by atoms with Crippen LogP contribution in [0.1, 0.15) is 12.5 Å². The molecule has 0 aliphatic rings. The number of rotatable bonds is 5. The second kappa shape index (κ2) is 6.17. The third-order valence-corrected chi connectivity index (χ3v) is 4.06. The van der Waals surface area contributed by atoms with Gasteiger partial charge < -0.3 is 5.32 Å². The monoisotopic (exact) mass is 290 g/mol. The van der Waals surface area contributed by atoms with E-state index in [1.807, 2.05) is 6.92 Å². The molecule has 0 saturated heterocycles. The smallest absolute Gasteiger partial charge is 0.242 e. The quantitative estimate of drug-likeness (QED) is 0.851. The van der Waals surface area contributed by atoms with Gasteiger partial charge in [-0.25, -0.2) is 13.1 Å². The van der Waals surface area contributed by atoms with E-state index in [9.17, 15) is 13.2 Å². The summed E-state index contributed by atoms with van der Waals surface area (Å²) < 4.78 is 26.0. The fourth-order valence-electron chi connectivity index (χ4n) is 1.32. The van der Waals surface area contributed by atoms with Gasteiger partial charge in [0, 0.05) is 6.54 Å². The van der Waals surface area contributed by atoms with Crippen LogP contribution in [0.3, 0.4) is 0 Å². The van der Waals surface area contributed by atoms with Crippen LogP contribution in [0.5, 0.6) is 0 Å². The summed E-state index contributed by atoms with van der Waals surface area (Å²) in [7, 11) is -3.76. The number of amides is 1. The second-order valence-corrected chi connectivity index (χ2v) is 5.85. The van der Waals surface area contributed by atoms with Gasteiger partial charge in [-0.2, -0.15) is 0 Å². The maximum atomic E-state index is 11.9. The lowest BCUT2D eigenvalue weighted by Crippen LogP contribution is -2.36. The average Bonchev–Trinajstić information content (AvgIpc) is 2.26. The molecule has 0 radical (unpaired) electrons. The Labute approximate surface area is 112 Å². The van der Waals surface area contributed by atoms with E-state index in [0.29, 0.717) is 6.54 Å². The predicted molar refractivity (Wildman–Crippen MR) is 70.1 cm³/mol. The maximum Gasteiger partial charge on any atom is 0.242 e. The third-order valence-electron chi connectivity index (χ3n) is 2.17. The Kier molecular flexibility index (Phi) is 5.13. The fraction of sp³-hybridized carbons (Fsp3) is 0.364. The number of carbonyl (C=O) groups excluding carboxylic acids is 1. The molecule has 0 spiro atoms. The van der Waals surface area contributed by atoms with Gasteiger partial charge in [-0.3, -0.25) is 4.79 Å². The zero-order valence-corrected chi connectivity index (χ0v) is 11.7. The highest BCUT2D eigenvalue weighted by Gasteiger charge is 2.18. The van der Waals surface area contributed by atoms with Crippen LogP contribution in [0.4, 0.5) is 0 Å². The molecule has 100 valence electrons. The van der Waals surface area contributed by atoms with Crippen molar-refractivity contribution in [3.8, 4) is 0 Å². The topological polar surface area (TPSA) is 75.3 Å². The van der Waals surface area contributed by atoms with Crippen molar-refractivity contribution in [2.45, 2.75) is 18.7 Å². The number of carbonyl (C=O) groups is 1. The van der Waals surface area contributed by atoms with Crippen LogP contribution in [0, 0.1) is 6.92 Å². The van der Waals surface area contributed by atoms with Crippen molar-refractivity contribution in [2.75, 3.05) is 13.1 Å². The molecular weight excluding hydrogens is 276 g/mol. The van der Waals surface area contributed by atoms with E-state index in [0.717, 1.165) is 5.56 Å². The molecule has 1 aromatic carbocycles. The van der Waals surface area contributed by atoms with Crippen LogP contribution >= 0.6 is 11.6 Å². The lowest BCUT2D eigenvalue weighted by atomic mass is 10.2. The Hall–Kier alpha value is -1.11. The second-order valence-electron chi connectivity index (χ2n) is 3.71. The minimum atomic E-state index is -3.76. The van der Waals surface area contributed by atoms with Crippen LogP contribution in [-0.2, 0) is 14.8 Å². The molecule has 0 unspecified atom stereocenters. The largest absolute Gasteiger partial charge is 0.355 e. The molecule has 1 aromatic rings. The standard InChI is InChI=1S/C11H15ClN2O3S/c1-3-13-11(15)7-14-18(16,17)10-5-4-8(2)6-9(10)12/h4-6,14H,3,7H2,1-2H3,(H,13,15). The molecule has 7 heteroatoms. The van der Waals surface area contributed by atoms with Crippen LogP contribution in [0.25, 0.3) is 0 Å². The molecule has 0 fully saturated rings. The van der Waals surface area contributed by atoms with Gasteiger partial charge >= 0.3 is 0 Å². The summed E-state index contributed by atoms with van der Waals surface area (Å²) in [5, 5.41) is 2.63. The maximum absolute atomic E-state index is 11.9. The summed E-state index contributed by atoms with van der Waals surface area (Å²) in [5.74, 6) is -0.385. The molecule has 1 rings (SSSR count). The van der Waals surface area contributed by atoms with Crippen LogP contribution in [0.15, 0.2) is 23.1 Å². The SMILES string of the molecule is CCNC(=O)CNS(=O)(=O)c1ccc(C)cc1Cl. The van der Waals surface area contributed by atoms with Crippen molar-refractivity contribution in [3.05, 3.63) is 28.8 Å². The number of hydrogen-bond acceptors (Lipinski definition) is 3. The molecule has 0 heterocycles. The average molecular weight is 291 g/mol. The number of hydrogen-bond donors (Lipinski definition) is 2. The lowest BCUT2D eigenvalue weighted by molar-refractivity contribution is -0.119. The molecule has 2 N–H and O–H groups in total. The van der Waals surface area contributed by atoms with Crippen LogP contribution in [-0.4, -0.2) is 27.4 Å². The molecule has 0 bridgehead atoms. The van der Waals surface area contributed by atoms with E-state index >= 15 is 0 Å². The Morgan fingerprint density at radius 2 is 2.06 bits per heavy atom. The Morgan fingerprint density at radius 1 is 1.39 bits per heavy atom.